The van der Waals surface area contributed by atoms with Gasteiger partial charge in [0, 0.05) is 16.3 Å². The first-order chi connectivity index (χ1) is 7.83. The van der Waals surface area contributed by atoms with Crippen LogP contribution >= 0.6 is 35.0 Å². The zero-order valence-electron chi connectivity index (χ0n) is 8.35. The second-order valence-electron chi connectivity index (χ2n) is 3.11. The van der Waals surface area contributed by atoms with Gasteiger partial charge in [0.25, 0.3) is 0 Å². The molecule has 1 nitrogen and oxygen atoms in total. The molecular formula is C10H7Cl2F3OS. The van der Waals surface area contributed by atoms with Crippen LogP contribution in [-0.4, -0.2) is 17.2 Å². The quantitative estimate of drug-likeness (QED) is 0.609. The second-order valence-corrected chi connectivity index (χ2v) is 4.89. The van der Waals surface area contributed by atoms with E-state index in [0.29, 0.717) is 0 Å². The van der Waals surface area contributed by atoms with Crippen molar-refractivity contribution in [1.82, 2.24) is 0 Å². The molecule has 0 saturated carbocycles. The van der Waals surface area contributed by atoms with E-state index in [4.69, 9.17) is 23.2 Å². The van der Waals surface area contributed by atoms with E-state index in [1.807, 2.05) is 0 Å². The Bertz CT molecular complexity index is 421. The lowest BCUT2D eigenvalue weighted by Gasteiger charge is -2.11. The lowest BCUT2D eigenvalue weighted by molar-refractivity contribution is -0.116. The number of rotatable bonds is 4. The van der Waals surface area contributed by atoms with Crippen molar-refractivity contribution in [3.05, 3.63) is 28.8 Å². The number of hydrogen-bond acceptors (Lipinski definition) is 2. The standard InChI is InChI=1S/C10H7Cl2F3OS/c11-5-6(16)4-7-8(12)2-1-3-9(7)17-10(13,14)15/h1-3H,4-5H2. The summed E-state index contributed by atoms with van der Waals surface area (Å²) in [5.74, 6) is -0.620. The molecule has 1 aromatic rings. The number of carbonyl (C=O) groups excluding carboxylic acids is 1. The van der Waals surface area contributed by atoms with E-state index in [2.05, 4.69) is 0 Å². The number of halogens is 5. The molecule has 0 unspecified atom stereocenters. The highest BCUT2D eigenvalue weighted by Gasteiger charge is 2.31. The zero-order chi connectivity index (χ0) is 13.1. The van der Waals surface area contributed by atoms with E-state index in [0.717, 1.165) is 0 Å². The van der Waals surface area contributed by atoms with Crippen LogP contribution in [0.3, 0.4) is 0 Å². The number of Topliss-reactive ketones (excluding diaryl/α,β-unsaturated/α-hetero) is 1. The molecule has 0 radical (unpaired) electrons. The van der Waals surface area contributed by atoms with Gasteiger partial charge in [-0.15, -0.1) is 11.6 Å². The minimum absolute atomic E-state index is 0.0662. The van der Waals surface area contributed by atoms with Gasteiger partial charge < -0.3 is 0 Å². The monoisotopic (exact) mass is 302 g/mol. The molecule has 17 heavy (non-hydrogen) atoms. The Morgan fingerprint density at radius 3 is 2.53 bits per heavy atom. The summed E-state index contributed by atoms with van der Waals surface area (Å²) in [5.41, 5.74) is -4.24. The van der Waals surface area contributed by atoms with Gasteiger partial charge in [0.1, 0.15) is 0 Å². The molecule has 0 aliphatic heterocycles. The number of alkyl halides is 4. The van der Waals surface area contributed by atoms with Crippen molar-refractivity contribution in [3.8, 4) is 0 Å². The molecule has 0 atom stereocenters. The number of hydrogen-bond donors (Lipinski definition) is 0. The van der Waals surface area contributed by atoms with Crippen LogP contribution in [-0.2, 0) is 11.2 Å². The van der Waals surface area contributed by atoms with Gasteiger partial charge in [0.15, 0.2) is 5.78 Å². The predicted octanol–water partition coefficient (Wildman–Crippen LogP) is 4.30. The van der Waals surface area contributed by atoms with Crippen LogP contribution in [0.1, 0.15) is 5.56 Å². The van der Waals surface area contributed by atoms with Gasteiger partial charge in [0.2, 0.25) is 0 Å². The van der Waals surface area contributed by atoms with E-state index in [1.54, 1.807) is 0 Å². The molecule has 0 N–H and O–H groups in total. The summed E-state index contributed by atoms with van der Waals surface area (Å²) in [7, 11) is 0. The summed E-state index contributed by atoms with van der Waals surface area (Å²) < 4.78 is 36.8. The van der Waals surface area contributed by atoms with Crippen LogP contribution < -0.4 is 0 Å². The van der Waals surface area contributed by atoms with Gasteiger partial charge in [-0.1, -0.05) is 17.7 Å². The fourth-order valence-electron chi connectivity index (χ4n) is 1.18. The molecule has 0 saturated heterocycles. The smallest absolute Gasteiger partial charge is 0.298 e. The van der Waals surface area contributed by atoms with Gasteiger partial charge >= 0.3 is 5.51 Å². The van der Waals surface area contributed by atoms with E-state index < -0.39 is 5.51 Å². The Morgan fingerprint density at radius 1 is 1.35 bits per heavy atom. The van der Waals surface area contributed by atoms with Crippen LogP contribution in [0, 0.1) is 0 Å². The second kappa shape index (κ2) is 5.98. The van der Waals surface area contributed by atoms with E-state index >= 15 is 0 Å². The Morgan fingerprint density at radius 2 is 2.00 bits per heavy atom. The van der Waals surface area contributed by atoms with Crippen LogP contribution in [0.4, 0.5) is 13.2 Å². The van der Waals surface area contributed by atoms with Crippen LogP contribution in [0.2, 0.25) is 5.02 Å². The molecule has 0 spiro atoms. The van der Waals surface area contributed by atoms with Crippen LogP contribution in [0.25, 0.3) is 0 Å². The van der Waals surface area contributed by atoms with Crippen molar-refractivity contribution in [1.29, 1.82) is 0 Å². The summed E-state index contributed by atoms with van der Waals surface area (Å²) in [6.07, 6.45) is -0.193. The van der Waals surface area contributed by atoms with E-state index in [1.165, 1.54) is 18.2 Å². The maximum Gasteiger partial charge on any atom is 0.446 e. The van der Waals surface area contributed by atoms with Crippen LogP contribution in [0.15, 0.2) is 23.1 Å². The Balaban J connectivity index is 3.04. The number of thioether (sulfide) groups is 1. The van der Waals surface area contributed by atoms with Gasteiger partial charge in [-0.05, 0) is 29.5 Å². The maximum absolute atomic E-state index is 12.3. The highest BCUT2D eigenvalue weighted by Crippen LogP contribution is 2.40. The Labute approximate surface area is 110 Å². The van der Waals surface area contributed by atoms with Crippen molar-refractivity contribution in [2.75, 3.05) is 5.88 Å². The lowest BCUT2D eigenvalue weighted by Crippen LogP contribution is -2.07. The summed E-state index contributed by atoms with van der Waals surface area (Å²) in [4.78, 5) is 11.1. The molecule has 0 heterocycles. The average molecular weight is 303 g/mol. The molecular weight excluding hydrogens is 296 g/mol. The third kappa shape index (κ3) is 4.77. The first-order valence-corrected chi connectivity index (χ1v) is 6.17. The van der Waals surface area contributed by atoms with E-state index in [-0.39, 0.29) is 45.3 Å². The molecule has 0 amide bonds. The Kier molecular flexibility index (Phi) is 5.16. The van der Waals surface area contributed by atoms with Gasteiger partial charge in [-0.25, -0.2) is 0 Å². The first kappa shape index (κ1) is 14.7. The van der Waals surface area contributed by atoms with Gasteiger partial charge in [0.05, 0.1) is 5.88 Å². The summed E-state index contributed by atoms with van der Waals surface area (Å²) in [6.45, 7) is 0. The highest BCUT2D eigenvalue weighted by molar-refractivity contribution is 8.00. The molecule has 94 valence electrons. The van der Waals surface area contributed by atoms with Gasteiger partial charge in [-0.3, -0.25) is 4.79 Å². The van der Waals surface area contributed by atoms with Crippen molar-refractivity contribution in [2.24, 2.45) is 0 Å². The molecule has 0 fully saturated rings. The Hall–Kier alpha value is -0.390. The zero-order valence-corrected chi connectivity index (χ0v) is 10.7. The summed E-state index contributed by atoms with van der Waals surface area (Å²) >= 11 is 10.8. The third-order valence-electron chi connectivity index (χ3n) is 1.82. The molecule has 7 heteroatoms. The average Bonchev–Trinajstić information content (AvgIpc) is 2.20. The first-order valence-electron chi connectivity index (χ1n) is 4.44. The SMILES string of the molecule is O=C(CCl)Cc1c(Cl)cccc1SC(F)(F)F. The fourth-order valence-corrected chi connectivity index (χ4v) is 2.27. The summed E-state index contributed by atoms with van der Waals surface area (Å²) in [6, 6.07) is 4.13. The fraction of sp³-hybridized carbons (Fsp3) is 0.300. The van der Waals surface area contributed by atoms with Crippen molar-refractivity contribution >= 4 is 40.7 Å². The molecule has 1 rings (SSSR count). The molecule has 0 aliphatic carbocycles. The largest absolute Gasteiger partial charge is 0.446 e. The topological polar surface area (TPSA) is 17.1 Å². The molecule has 0 aromatic heterocycles. The normalized spacial score (nSPS) is 11.6. The maximum atomic E-state index is 12.3. The minimum Gasteiger partial charge on any atom is -0.298 e. The summed E-state index contributed by atoms with van der Waals surface area (Å²) in [5, 5.41) is 0.137. The van der Waals surface area contributed by atoms with Crippen molar-refractivity contribution in [2.45, 2.75) is 16.8 Å². The van der Waals surface area contributed by atoms with Gasteiger partial charge in [-0.2, -0.15) is 13.2 Å². The predicted molar refractivity (Wildman–Crippen MR) is 62.8 cm³/mol. The number of carbonyl (C=O) groups is 1. The minimum atomic E-state index is -4.41. The van der Waals surface area contributed by atoms with E-state index in [9.17, 15) is 18.0 Å². The third-order valence-corrected chi connectivity index (χ3v) is 3.31. The number of benzene rings is 1. The van der Waals surface area contributed by atoms with Crippen molar-refractivity contribution < 1.29 is 18.0 Å². The molecule has 1 aromatic carbocycles. The van der Waals surface area contributed by atoms with Crippen LogP contribution in [0.5, 0.6) is 0 Å². The number of ketones is 1. The molecule has 0 aliphatic rings. The lowest BCUT2D eigenvalue weighted by atomic mass is 10.1. The van der Waals surface area contributed by atoms with Crippen molar-refractivity contribution in [3.63, 3.8) is 0 Å². The molecule has 0 bridgehead atoms. The highest BCUT2D eigenvalue weighted by atomic mass is 35.5.